The lowest BCUT2D eigenvalue weighted by molar-refractivity contribution is -0.118. The lowest BCUT2D eigenvalue weighted by Gasteiger charge is -2.14. The molecule has 5 nitrogen and oxygen atoms in total. The number of hydrogen-bond donors (Lipinski definition) is 2. The molecule has 1 fully saturated rings. The first-order valence-electron chi connectivity index (χ1n) is 6.20. The minimum atomic E-state index is -2.85. The summed E-state index contributed by atoms with van der Waals surface area (Å²) in [6, 6.07) is 2.25. The van der Waals surface area contributed by atoms with Crippen molar-refractivity contribution < 1.29 is 23.0 Å². The summed E-state index contributed by atoms with van der Waals surface area (Å²) in [7, 11) is 2.95. The van der Waals surface area contributed by atoms with Gasteiger partial charge in [0.05, 0.1) is 26.8 Å². The topological polar surface area (TPSA) is 59.6 Å². The van der Waals surface area contributed by atoms with Crippen molar-refractivity contribution in [3.8, 4) is 11.5 Å². The number of carbonyl (C=O) groups excluding carboxylic acids is 1. The summed E-state index contributed by atoms with van der Waals surface area (Å²) in [5, 5.41) is 5.08. The maximum absolute atomic E-state index is 13.1. The third kappa shape index (κ3) is 4.21. The molecular weight excluding hydrogens is 386 g/mol. The molecule has 1 aromatic rings. The summed E-state index contributed by atoms with van der Waals surface area (Å²) < 4.78 is 37.1. The van der Waals surface area contributed by atoms with Gasteiger partial charge < -0.3 is 14.8 Å². The average Bonchev–Trinajstić information content (AvgIpc) is 2.80. The summed E-state index contributed by atoms with van der Waals surface area (Å²) in [6.07, 6.45) is -0.510. The van der Waals surface area contributed by atoms with Gasteiger partial charge in [0.25, 0.3) is 5.92 Å². The third-order valence-electron chi connectivity index (χ3n) is 3.14. The van der Waals surface area contributed by atoms with Crippen molar-refractivity contribution in [2.45, 2.75) is 18.4 Å². The lowest BCUT2D eigenvalue weighted by atomic mass is 10.1. The molecule has 1 heterocycles. The first-order valence-corrected chi connectivity index (χ1v) is 6.99. The Bertz CT molecular complexity index is 535. The molecule has 0 spiro atoms. The smallest absolute Gasteiger partial charge is 0.262 e. The van der Waals surface area contributed by atoms with Gasteiger partial charge >= 0.3 is 0 Å². The van der Waals surface area contributed by atoms with Crippen LogP contribution >= 0.6 is 28.3 Å². The zero-order valence-corrected chi connectivity index (χ0v) is 14.3. The van der Waals surface area contributed by atoms with Crippen molar-refractivity contribution in [3.63, 3.8) is 0 Å². The van der Waals surface area contributed by atoms with E-state index in [0.717, 1.165) is 0 Å². The molecule has 1 amide bonds. The molecule has 9 heteroatoms. The van der Waals surface area contributed by atoms with Gasteiger partial charge in [0.15, 0.2) is 0 Å². The second-order valence-electron chi connectivity index (χ2n) is 4.68. The molecule has 2 N–H and O–H groups in total. The molecule has 1 saturated heterocycles. The number of benzene rings is 1. The van der Waals surface area contributed by atoms with Gasteiger partial charge in [-0.05, 0) is 15.9 Å². The Labute approximate surface area is 141 Å². The van der Waals surface area contributed by atoms with E-state index in [1.54, 1.807) is 12.1 Å². The predicted octanol–water partition coefficient (Wildman–Crippen LogP) is 2.82. The second-order valence-corrected chi connectivity index (χ2v) is 5.47. The monoisotopic (exact) mass is 400 g/mol. The molecule has 1 unspecified atom stereocenters. The number of methoxy groups -OCH3 is 2. The quantitative estimate of drug-likeness (QED) is 0.814. The van der Waals surface area contributed by atoms with Crippen LogP contribution in [-0.4, -0.2) is 38.6 Å². The van der Waals surface area contributed by atoms with E-state index in [4.69, 9.17) is 9.47 Å². The molecule has 0 radical (unpaired) electrons. The molecule has 1 aromatic carbocycles. The summed E-state index contributed by atoms with van der Waals surface area (Å²) >= 11 is 3.31. The number of hydrogen-bond acceptors (Lipinski definition) is 4. The first-order chi connectivity index (χ1) is 9.86. The van der Waals surface area contributed by atoms with Crippen molar-refractivity contribution in [1.82, 2.24) is 5.32 Å². The Balaban J connectivity index is 0.00000242. The summed E-state index contributed by atoms with van der Waals surface area (Å²) in [6.45, 7) is -0.488. The van der Waals surface area contributed by atoms with E-state index in [2.05, 4.69) is 26.6 Å². The molecule has 0 aliphatic carbocycles. The van der Waals surface area contributed by atoms with E-state index in [9.17, 15) is 13.6 Å². The number of alkyl halides is 2. The molecule has 0 bridgehead atoms. The number of amides is 1. The number of rotatable bonds is 4. The fourth-order valence-electron chi connectivity index (χ4n) is 2.07. The highest BCUT2D eigenvalue weighted by Crippen LogP contribution is 2.37. The van der Waals surface area contributed by atoms with E-state index in [0.29, 0.717) is 21.7 Å². The normalized spacial score (nSPS) is 19.2. The lowest BCUT2D eigenvalue weighted by Crippen LogP contribution is -2.35. The number of ether oxygens (including phenoxy) is 2. The number of anilines is 1. The molecule has 124 valence electrons. The Morgan fingerprint density at radius 3 is 2.32 bits per heavy atom. The summed E-state index contributed by atoms with van der Waals surface area (Å²) in [5.74, 6) is -2.43. The zero-order chi connectivity index (χ0) is 15.6. The average molecular weight is 402 g/mol. The second kappa shape index (κ2) is 7.43. The van der Waals surface area contributed by atoms with Crippen LogP contribution < -0.4 is 20.1 Å². The zero-order valence-electron chi connectivity index (χ0n) is 11.9. The SMILES string of the molecule is COc1cc(NC(=O)C2CC(F)(F)CN2)cc(OC)c1Br.Cl. The van der Waals surface area contributed by atoms with Gasteiger partial charge in [0.1, 0.15) is 16.0 Å². The van der Waals surface area contributed by atoms with Gasteiger partial charge in [-0.25, -0.2) is 8.78 Å². The highest BCUT2D eigenvalue weighted by Gasteiger charge is 2.42. The number of nitrogens with one attached hydrogen (secondary N) is 2. The standard InChI is InChI=1S/C13H15BrF2N2O3.ClH/c1-20-9-3-7(4-10(21-2)11(9)14)18-12(19)8-5-13(15,16)6-17-8;/h3-4,8,17H,5-6H2,1-2H3,(H,18,19);1H. The van der Waals surface area contributed by atoms with Crippen LogP contribution in [0.3, 0.4) is 0 Å². The van der Waals surface area contributed by atoms with Crippen LogP contribution in [0.1, 0.15) is 6.42 Å². The molecular formula is C13H16BrClF2N2O3. The fourth-order valence-corrected chi connectivity index (χ4v) is 2.62. The Hall–Kier alpha value is -1.12. The third-order valence-corrected chi connectivity index (χ3v) is 3.92. The summed E-state index contributed by atoms with van der Waals surface area (Å²) in [4.78, 5) is 12.0. The van der Waals surface area contributed by atoms with Crippen LogP contribution in [0.2, 0.25) is 0 Å². The van der Waals surface area contributed by atoms with Gasteiger partial charge in [-0.2, -0.15) is 0 Å². The van der Waals surface area contributed by atoms with Gasteiger partial charge in [-0.15, -0.1) is 12.4 Å². The van der Waals surface area contributed by atoms with Crippen molar-refractivity contribution in [2.75, 3.05) is 26.1 Å². The van der Waals surface area contributed by atoms with Crippen LogP contribution in [0, 0.1) is 0 Å². The Morgan fingerprint density at radius 1 is 1.36 bits per heavy atom. The van der Waals surface area contributed by atoms with Gasteiger partial charge in [-0.3, -0.25) is 10.1 Å². The van der Waals surface area contributed by atoms with Crippen molar-refractivity contribution in [2.24, 2.45) is 0 Å². The van der Waals surface area contributed by atoms with Gasteiger partial charge in [-0.1, -0.05) is 0 Å². The van der Waals surface area contributed by atoms with E-state index >= 15 is 0 Å². The van der Waals surface area contributed by atoms with Crippen molar-refractivity contribution in [1.29, 1.82) is 0 Å². The number of carbonyl (C=O) groups is 1. The minimum absolute atomic E-state index is 0. The first kappa shape index (κ1) is 18.9. The van der Waals surface area contributed by atoms with E-state index < -0.39 is 30.8 Å². The van der Waals surface area contributed by atoms with E-state index in [-0.39, 0.29) is 12.4 Å². The maximum Gasteiger partial charge on any atom is 0.262 e. The largest absolute Gasteiger partial charge is 0.495 e. The number of halogens is 4. The molecule has 2 rings (SSSR count). The van der Waals surface area contributed by atoms with Crippen LogP contribution in [-0.2, 0) is 4.79 Å². The van der Waals surface area contributed by atoms with E-state index in [1.165, 1.54) is 14.2 Å². The fraction of sp³-hybridized carbons (Fsp3) is 0.462. The Kier molecular flexibility index (Phi) is 6.39. The van der Waals surface area contributed by atoms with Crippen LogP contribution in [0.15, 0.2) is 16.6 Å². The van der Waals surface area contributed by atoms with Gasteiger partial charge in [0, 0.05) is 24.2 Å². The van der Waals surface area contributed by atoms with Crippen LogP contribution in [0.4, 0.5) is 14.5 Å². The summed E-state index contributed by atoms with van der Waals surface area (Å²) in [5.41, 5.74) is 0.411. The highest BCUT2D eigenvalue weighted by molar-refractivity contribution is 9.10. The van der Waals surface area contributed by atoms with Crippen LogP contribution in [0.25, 0.3) is 0 Å². The molecule has 1 aliphatic rings. The molecule has 1 aliphatic heterocycles. The maximum atomic E-state index is 13.1. The van der Waals surface area contributed by atoms with Gasteiger partial charge in [0.2, 0.25) is 5.91 Å². The molecule has 22 heavy (non-hydrogen) atoms. The van der Waals surface area contributed by atoms with Crippen LogP contribution in [0.5, 0.6) is 11.5 Å². The van der Waals surface area contributed by atoms with E-state index in [1.807, 2.05) is 0 Å². The van der Waals surface area contributed by atoms with Crippen molar-refractivity contribution >= 4 is 39.9 Å². The highest BCUT2D eigenvalue weighted by atomic mass is 79.9. The molecule has 0 aromatic heterocycles. The Morgan fingerprint density at radius 2 is 1.91 bits per heavy atom. The predicted molar refractivity (Wildman–Crippen MR) is 84.5 cm³/mol. The van der Waals surface area contributed by atoms with Crippen molar-refractivity contribution in [3.05, 3.63) is 16.6 Å². The molecule has 0 saturated carbocycles. The minimum Gasteiger partial charge on any atom is -0.495 e. The molecule has 1 atom stereocenters.